The Morgan fingerprint density at radius 1 is 1.00 bits per heavy atom. The van der Waals surface area contributed by atoms with Crippen molar-refractivity contribution in [2.75, 3.05) is 11.9 Å². The van der Waals surface area contributed by atoms with Gasteiger partial charge in [-0.2, -0.15) is 0 Å². The molecule has 0 unspecified atom stereocenters. The molecule has 1 aromatic heterocycles. The second kappa shape index (κ2) is 10.5. The monoisotopic (exact) mass is 446 g/mol. The summed E-state index contributed by atoms with van der Waals surface area (Å²) in [7, 11) is 0. The molecule has 3 aromatic rings. The molecule has 0 saturated carbocycles. The summed E-state index contributed by atoms with van der Waals surface area (Å²) in [6.45, 7) is 2.80. The van der Waals surface area contributed by atoms with Crippen LogP contribution in [-0.4, -0.2) is 27.7 Å². The van der Waals surface area contributed by atoms with E-state index in [4.69, 9.17) is 23.2 Å². The molecule has 8 heteroatoms. The highest BCUT2D eigenvalue weighted by molar-refractivity contribution is 6.37. The van der Waals surface area contributed by atoms with Crippen LogP contribution in [0.15, 0.2) is 36.5 Å². The zero-order valence-corrected chi connectivity index (χ0v) is 18.2. The zero-order valence-electron chi connectivity index (χ0n) is 16.7. The topological polar surface area (TPSA) is 87.1 Å². The first-order valence-corrected chi connectivity index (χ1v) is 10.7. The molecule has 0 fully saturated rings. The number of carbonyl (C=O) groups excluding carboxylic acids is 1. The fourth-order valence-corrected chi connectivity index (χ4v) is 3.56. The maximum atomic E-state index is 12.1. The van der Waals surface area contributed by atoms with Gasteiger partial charge in [-0.25, -0.2) is 9.78 Å². The number of fused-ring (bicyclic) bond motifs is 1. The Morgan fingerprint density at radius 3 is 2.47 bits per heavy atom. The minimum atomic E-state index is -0.299. The number of urea groups is 1. The van der Waals surface area contributed by atoms with Gasteiger partial charge in [-0.05, 0) is 41.8 Å². The summed E-state index contributed by atoms with van der Waals surface area (Å²) in [6, 6.07) is 8.49. The highest BCUT2D eigenvalue weighted by atomic mass is 35.5. The Morgan fingerprint density at radius 2 is 1.73 bits per heavy atom. The van der Waals surface area contributed by atoms with Crippen LogP contribution in [0.5, 0.6) is 5.75 Å². The Kier molecular flexibility index (Phi) is 7.71. The second-order valence-electron chi connectivity index (χ2n) is 7.04. The largest absolute Gasteiger partial charge is 0.505 e. The number of aromatic hydroxyl groups is 1. The molecule has 0 aliphatic carbocycles. The summed E-state index contributed by atoms with van der Waals surface area (Å²) >= 11 is 12.1. The fourth-order valence-electron chi connectivity index (χ4n) is 3.07. The van der Waals surface area contributed by atoms with Crippen LogP contribution in [0.1, 0.15) is 39.0 Å². The summed E-state index contributed by atoms with van der Waals surface area (Å²) in [6.07, 6.45) is 7.20. The van der Waals surface area contributed by atoms with E-state index in [9.17, 15) is 9.90 Å². The van der Waals surface area contributed by atoms with Gasteiger partial charge in [0.15, 0.2) is 11.6 Å². The fraction of sp³-hybridized carbons (Fsp3) is 0.318. The minimum absolute atomic E-state index is 0.148. The van der Waals surface area contributed by atoms with E-state index >= 15 is 0 Å². The number of hydrogen-bond donors (Lipinski definition) is 3. The van der Waals surface area contributed by atoms with Crippen molar-refractivity contribution in [2.24, 2.45) is 0 Å². The molecule has 2 aromatic carbocycles. The van der Waals surface area contributed by atoms with Crippen LogP contribution in [-0.2, 0) is 0 Å². The van der Waals surface area contributed by atoms with Gasteiger partial charge in [0.05, 0.1) is 27.3 Å². The quantitative estimate of drug-likeness (QED) is 0.349. The van der Waals surface area contributed by atoms with E-state index in [0.29, 0.717) is 23.4 Å². The predicted molar refractivity (Wildman–Crippen MR) is 122 cm³/mol. The van der Waals surface area contributed by atoms with Crippen molar-refractivity contribution in [3.8, 4) is 16.9 Å². The van der Waals surface area contributed by atoms with Gasteiger partial charge in [0.25, 0.3) is 0 Å². The van der Waals surface area contributed by atoms with Crippen LogP contribution in [0.25, 0.3) is 22.2 Å². The first-order valence-electron chi connectivity index (χ1n) is 9.98. The number of nitrogens with zero attached hydrogens (tertiary/aromatic N) is 2. The average molecular weight is 447 g/mol. The van der Waals surface area contributed by atoms with Crippen molar-refractivity contribution >= 4 is 46.1 Å². The van der Waals surface area contributed by atoms with Crippen molar-refractivity contribution in [3.63, 3.8) is 0 Å². The molecule has 0 radical (unpaired) electrons. The zero-order chi connectivity index (χ0) is 21.5. The smallest absolute Gasteiger partial charge is 0.320 e. The number of halogens is 2. The summed E-state index contributed by atoms with van der Waals surface area (Å²) < 4.78 is 0. The van der Waals surface area contributed by atoms with Gasteiger partial charge < -0.3 is 10.4 Å². The first-order chi connectivity index (χ1) is 14.5. The van der Waals surface area contributed by atoms with Gasteiger partial charge in [-0.1, -0.05) is 61.9 Å². The van der Waals surface area contributed by atoms with Gasteiger partial charge in [0.1, 0.15) is 0 Å². The predicted octanol–water partition coefficient (Wildman–Crippen LogP) is 6.40. The van der Waals surface area contributed by atoms with Crippen LogP contribution < -0.4 is 10.6 Å². The number of benzene rings is 2. The SMILES string of the molecule is CCCCCCCNC(=O)Nc1cnc2ccc(-c3cc(Cl)c(O)c(Cl)c3)cc2n1. The molecule has 0 aliphatic rings. The number of anilines is 1. The molecule has 158 valence electrons. The maximum Gasteiger partial charge on any atom is 0.320 e. The van der Waals surface area contributed by atoms with Gasteiger partial charge in [0, 0.05) is 6.54 Å². The van der Waals surface area contributed by atoms with Gasteiger partial charge >= 0.3 is 6.03 Å². The van der Waals surface area contributed by atoms with Crippen molar-refractivity contribution in [1.29, 1.82) is 0 Å². The molecule has 0 saturated heterocycles. The normalized spacial score (nSPS) is 10.9. The third kappa shape index (κ3) is 5.74. The van der Waals surface area contributed by atoms with E-state index in [2.05, 4.69) is 27.5 Å². The number of amides is 2. The Labute approximate surface area is 185 Å². The molecule has 1 heterocycles. The lowest BCUT2D eigenvalue weighted by atomic mass is 10.0. The Bertz CT molecular complexity index is 1020. The third-order valence-electron chi connectivity index (χ3n) is 4.70. The van der Waals surface area contributed by atoms with Crippen LogP contribution >= 0.6 is 23.2 Å². The van der Waals surface area contributed by atoms with E-state index in [1.165, 1.54) is 25.5 Å². The molecule has 6 nitrogen and oxygen atoms in total. The number of nitrogens with one attached hydrogen (secondary N) is 2. The molecule has 0 aliphatic heterocycles. The van der Waals surface area contributed by atoms with E-state index in [1.807, 2.05) is 18.2 Å². The highest BCUT2D eigenvalue weighted by Gasteiger charge is 2.10. The lowest BCUT2D eigenvalue weighted by molar-refractivity contribution is 0.252. The molecule has 3 rings (SSSR count). The lowest BCUT2D eigenvalue weighted by Crippen LogP contribution is -2.29. The van der Waals surface area contributed by atoms with E-state index in [-0.39, 0.29) is 21.8 Å². The average Bonchev–Trinajstić information content (AvgIpc) is 2.73. The molecule has 0 atom stereocenters. The molecule has 3 N–H and O–H groups in total. The van der Waals surface area contributed by atoms with Crippen LogP contribution in [0.2, 0.25) is 10.0 Å². The number of hydrogen-bond acceptors (Lipinski definition) is 4. The minimum Gasteiger partial charge on any atom is -0.505 e. The number of unbranched alkanes of at least 4 members (excludes halogenated alkanes) is 4. The van der Waals surface area contributed by atoms with Gasteiger partial charge in [0.2, 0.25) is 0 Å². The van der Waals surface area contributed by atoms with Crippen molar-refractivity contribution < 1.29 is 9.90 Å². The second-order valence-corrected chi connectivity index (χ2v) is 7.86. The van der Waals surface area contributed by atoms with E-state index in [0.717, 1.165) is 24.0 Å². The Hall–Kier alpha value is -2.57. The van der Waals surface area contributed by atoms with Gasteiger partial charge in [-0.15, -0.1) is 0 Å². The highest BCUT2D eigenvalue weighted by Crippen LogP contribution is 2.36. The molecular formula is C22H24Cl2N4O2. The van der Waals surface area contributed by atoms with Crippen LogP contribution in [0, 0.1) is 0 Å². The number of rotatable bonds is 8. The van der Waals surface area contributed by atoms with Crippen LogP contribution in [0.4, 0.5) is 10.6 Å². The molecular weight excluding hydrogens is 423 g/mol. The third-order valence-corrected chi connectivity index (χ3v) is 5.28. The number of carbonyl (C=O) groups is 1. The molecule has 0 bridgehead atoms. The van der Waals surface area contributed by atoms with Crippen molar-refractivity contribution in [3.05, 3.63) is 46.6 Å². The maximum absolute atomic E-state index is 12.1. The number of phenolic OH excluding ortho intramolecular Hbond substituents is 1. The Balaban J connectivity index is 1.69. The summed E-state index contributed by atoms with van der Waals surface area (Å²) in [5, 5.41) is 15.7. The molecule has 30 heavy (non-hydrogen) atoms. The van der Waals surface area contributed by atoms with E-state index < -0.39 is 0 Å². The number of aromatic nitrogens is 2. The van der Waals surface area contributed by atoms with Crippen molar-refractivity contribution in [1.82, 2.24) is 15.3 Å². The van der Waals surface area contributed by atoms with Gasteiger partial charge in [-0.3, -0.25) is 10.3 Å². The standard InChI is InChI=1S/C22H24Cl2N4O2/c1-2-3-4-5-6-9-25-22(30)28-20-13-26-18-8-7-14(12-19(18)27-20)15-10-16(23)21(29)17(24)11-15/h7-8,10-13,29H,2-6,9H2,1H3,(H2,25,27,28,30). The molecule has 0 spiro atoms. The van der Waals surface area contributed by atoms with Crippen LogP contribution in [0.3, 0.4) is 0 Å². The first kappa shape index (κ1) is 22.1. The number of phenols is 1. The summed E-state index contributed by atoms with van der Waals surface area (Å²) in [4.78, 5) is 20.9. The summed E-state index contributed by atoms with van der Waals surface area (Å²) in [5.41, 5.74) is 2.86. The summed E-state index contributed by atoms with van der Waals surface area (Å²) in [5.74, 6) is 0.218. The lowest BCUT2D eigenvalue weighted by Gasteiger charge is -2.09. The molecule has 2 amide bonds. The van der Waals surface area contributed by atoms with Crippen molar-refractivity contribution in [2.45, 2.75) is 39.0 Å². The van der Waals surface area contributed by atoms with E-state index in [1.54, 1.807) is 12.1 Å².